The van der Waals surface area contributed by atoms with E-state index in [-0.39, 0.29) is 13.0 Å². The third-order valence-corrected chi connectivity index (χ3v) is 5.09. The van der Waals surface area contributed by atoms with Crippen LogP contribution in [0.15, 0.2) is 36.4 Å². The highest BCUT2D eigenvalue weighted by atomic mass is 35.5. The van der Waals surface area contributed by atoms with Crippen LogP contribution < -0.4 is 10.6 Å². The molecule has 3 aromatic rings. The van der Waals surface area contributed by atoms with Crippen molar-refractivity contribution in [2.24, 2.45) is 5.73 Å². The van der Waals surface area contributed by atoms with E-state index in [4.69, 9.17) is 17.3 Å². The maximum Gasteiger partial charge on any atom is 0.206 e. The number of hydrogen-bond acceptors (Lipinski definition) is 3. The zero-order valence-electron chi connectivity index (χ0n) is 14.4. The van der Waals surface area contributed by atoms with Gasteiger partial charge in [-0.1, -0.05) is 23.7 Å². The molecule has 0 saturated carbocycles. The Labute approximate surface area is 159 Å². The Morgan fingerprint density at radius 2 is 1.96 bits per heavy atom. The first-order valence-electron chi connectivity index (χ1n) is 8.66. The second-order valence-corrected chi connectivity index (χ2v) is 7.23. The Bertz CT molecular complexity index is 990. The number of piperidine rings is 1. The number of alkyl halides is 1. The molecule has 8 heteroatoms. The molecular weight excluding hydrogens is 377 g/mol. The molecule has 1 aromatic heterocycles. The predicted octanol–water partition coefficient (Wildman–Crippen LogP) is 3.89. The van der Waals surface area contributed by atoms with Gasteiger partial charge in [0.25, 0.3) is 0 Å². The summed E-state index contributed by atoms with van der Waals surface area (Å²) in [7, 11) is 0. The first-order chi connectivity index (χ1) is 12.9. The van der Waals surface area contributed by atoms with E-state index >= 15 is 0 Å². The number of fused-ring (bicyclic) bond motifs is 1. The van der Waals surface area contributed by atoms with Gasteiger partial charge in [-0.15, -0.1) is 0 Å². The third kappa shape index (κ3) is 3.49. The Kier molecular flexibility index (Phi) is 4.74. The number of imidazole rings is 1. The summed E-state index contributed by atoms with van der Waals surface area (Å²) in [6.45, 7) is 1.08. The number of aromatic nitrogens is 2. The maximum absolute atomic E-state index is 13.9. The summed E-state index contributed by atoms with van der Waals surface area (Å²) in [5.74, 6) is -1.39. The molecule has 2 heterocycles. The van der Waals surface area contributed by atoms with Gasteiger partial charge in [-0.2, -0.15) is 0 Å². The second-order valence-electron chi connectivity index (χ2n) is 6.80. The lowest BCUT2D eigenvalue weighted by atomic mass is 10.1. The lowest BCUT2D eigenvalue weighted by Crippen LogP contribution is -2.50. The molecule has 2 unspecified atom stereocenters. The minimum atomic E-state index is -1.07. The molecule has 1 aliphatic heterocycles. The zero-order chi connectivity index (χ0) is 19.1. The van der Waals surface area contributed by atoms with Crippen molar-refractivity contribution in [3.8, 4) is 0 Å². The summed E-state index contributed by atoms with van der Waals surface area (Å²) in [6, 6.07) is 8.85. The number of benzene rings is 2. The molecule has 2 atom stereocenters. The van der Waals surface area contributed by atoms with Gasteiger partial charge in [-0.05, 0) is 24.1 Å². The van der Waals surface area contributed by atoms with Crippen LogP contribution in [0.5, 0.6) is 0 Å². The van der Waals surface area contributed by atoms with E-state index in [9.17, 15) is 13.2 Å². The molecule has 0 radical (unpaired) electrons. The number of rotatable bonds is 3. The fourth-order valence-corrected chi connectivity index (χ4v) is 3.67. The molecule has 1 fully saturated rings. The summed E-state index contributed by atoms with van der Waals surface area (Å²) >= 11 is 6.07. The first kappa shape index (κ1) is 18.1. The minimum Gasteiger partial charge on any atom is -0.340 e. The van der Waals surface area contributed by atoms with Gasteiger partial charge in [0.15, 0.2) is 11.6 Å². The highest BCUT2D eigenvalue weighted by Crippen LogP contribution is 2.28. The number of nitrogens with zero attached hydrogens (tertiary/aromatic N) is 3. The molecule has 1 saturated heterocycles. The van der Waals surface area contributed by atoms with Crippen LogP contribution in [0.2, 0.25) is 5.02 Å². The van der Waals surface area contributed by atoms with Crippen molar-refractivity contribution >= 4 is 28.6 Å². The fraction of sp³-hybridized carbons (Fsp3) is 0.316. The second kappa shape index (κ2) is 7.05. The molecular formula is C19H18ClF3N4. The predicted molar refractivity (Wildman–Crippen MR) is 99.9 cm³/mol. The van der Waals surface area contributed by atoms with Crippen molar-refractivity contribution in [1.29, 1.82) is 0 Å². The van der Waals surface area contributed by atoms with Crippen LogP contribution in [0.25, 0.3) is 11.0 Å². The standard InChI is InChI=1S/C19H18ClF3N4/c20-12-3-1-2-11(6-12)9-27-18-8-15(23)14(22)7-17(18)25-19(27)26-5-4-13(21)16(24)10-26/h1-3,6-8,13,16H,4-5,9-10,24H2. The number of hydrogen-bond donors (Lipinski definition) is 1. The summed E-state index contributed by atoms with van der Waals surface area (Å²) in [4.78, 5) is 6.35. The quantitative estimate of drug-likeness (QED) is 0.733. The van der Waals surface area contributed by atoms with Gasteiger partial charge < -0.3 is 15.2 Å². The molecule has 2 aromatic carbocycles. The Morgan fingerprint density at radius 3 is 2.70 bits per heavy atom. The van der Waals surface area contributed by atoms with Gasteiger partial charge in [0.2, 0.25) is 5.95 Å². The molecule has 0 amide bonds. The van der Waals surface area contributed by atoms with Crippen molar-refractivity contribution in [1.82, 2.24) is 9.55 Å². The van der Waals surface area contributed by atoms with Crippen LogP contribution >= 0.6 is 11.6 Å². The Balaban J connectivity index is 1.81. The van der Waals surface area contributed by atoms with Crippen LogP contribution in [0, 0.1) is 11.6 Å². The molecule has 142 valence electrons. The number of anilines is 1. The zero-order valence-corrected chi connectivity index (χ0v) is 15.1. The van der Waals surface area contributed by atoms with Gasteiger partial charge in [0.05, 0.1) is 23.6 Å². The molecule has 27 heavy (non-hydrogen) atoms. The van der Waals surface area contributed by atoms with E-state index in [1.54, 1.807) is 16.7 Å². The van der Waals surface area contributed by atoms with E-state index in [1.807, 2.05) is 17.0 Å². The summed E-state index contributed by atoms with van der Waals surface area (Å²) in [5.41, 5.74) is 7.56. The summed E-state index contributed by atoms with van der Waals surface area (Å²) < 4.78 is 43.1. The molecule has 0 spiro atoms. The topological polar surface area (TPSA) is 47.1 Å². The number of nitrogens with two attached hydrogens (primary N) is 1. The lowest BCUT2D eigenvalue weighted by Gasteiger charge is -2.34. The first-order valence-corrected chi connectivity index (χ1v) is 9.04. The van der Waals surface area contributed by atoms with Crippen molar-refractivity contribution in [2.45, 2.75) is 25.2 Å². The van der Waals surface area contributed by atoms with Crippen LogP contribution in [0.3, 0.4) is 0 Å². The minimum absolute atomic E-state index is 0.282. The largest absolute Gasteiger partial charge is 0.340 e. The average molecular weight is 395 g/mol. The van der Waals surface area contributed by atoms with Crippen LogP contribution in [-0.4, -0.2) is 34.9 Å². The van der Waals surface area contributed by atoms with Crippen LogP contribution in [-0.2, 0) is 6.54 Å². The Morgan fingerprint density at radius 1 is 1.19 bits per heavy atom. The van der Waals surface area contributed by atoms with Crippen molar-refractivity contribution in [3.05, 3.63) is 58.6 Å². The third-order valence-electron chi connectivity index (χ3n) is 4.85. The van der Waals surface area contributed by atoms with E-state index < -0.39 is 23.8 Å². The Hall–Kier alpha value is -2.25. The summed E-state index contributed by atoms with van der Waals surface area (Å²) in [6.07, 6.45) is -0.786. The van der Waals surface area contributed by atoms with E-state index in [0.717, 1.165) is 17.7 Å². The van der Waals surface area contributed by atoms with Gasteiger partial charge in [0.1, 0.15) is 6.17 Å². The lowest BCUT2D eigenvalue weighted by molar-refractivity contribution is 0.243. The number of halogens is 4. The van der Waals surface area contributed by atoms with Crippen LogP contribution in [0.1, 0.15) is 12.0 Å². The smallest absolute Gasteiger partial charge is 0.206 e. The van der Waals surface area contributed by atoms with E-state index in [1.165, 1.54) is 0 Å². The van der Waals surface area contributed by atoms with Gasteiger partial charge >= 0.3 is 0 Å². The highest BCUT2D eigenvalue weighted by molar-refractivity contribution is 6.30. The highest BCUT2D eigenvalue weighted by Gasteiger charge is 2.29. The molecule has 2 N–H and O–H groups in total. The molecule has 0 bridgehead atoms. The normalized spacial score (nSPS) is 20.4. The van der Waals surface area contributed by atoms with Crippen molar-refractivity contribution in [3.63, 3.8) is 0 Å². The van der Waals surface area contributed by atoms with Gasteiger partial charge in [0, 0.05) is 30.2 Å². The fourth-order valence-electron chi connectivity index (χ4n) is 3.46. The van der Waals surface area contributed by atoms with Gasteiger partial charge in [-0.3, -0.25) is 0 Å². The maximum atomic E-state index is 13.9. The van der Waals surface area contributed by atoms with Crippen LogP contribution in [0.4, 0.5) is 19.1 Å². The SMILES string of the molecule is NC1CN(c2nc3cc(F)c(F)cc3n2Cc2cccc(Cl)c2)CCC1F. The molecule has 4 rings (SSSR count). The van der Waals surface area contributed by atoms with Crippen molar-refractivity contribution in [2.75, 3.05) is 18.0 Å². The van der Waals surface area contributed by atoms with E-state index in [2.05, 4.69) is 4.98 Å². The monoisotopic (exact) mass is 394 g/mol. The van der Waals surface area contributed by atoms with Crippen molar-refractivity contribution < 1.29 is 13.2 Å². The van der Waals surface area contributed by atoms with E-state index in [0.29, 0.717) is 35.1 Å². The summed E-state index contributed by atoms with van der Waals surface area (Å²) in [5, 5.41) is 0.580. The molecule has 4 nitrogen and oxygen atoms in total. The van der Waals surface area contributed by atoms with Gasteiger partial charge in [-0.25, -0.2) is 18.2 Å². The average Bonchev–Trinajstić information content (AvgIpc) is 2.95. The molecule has 1 aliphatic rings. The molecule has 0 aliphatic carbocycles.